The van der Waals surface area contributed by atoms with Crippen molar-refractivity contribution < 1.29 is 9.90 Å². The normalized spacial score (nSPS) is 23.4. The Hall–Kier alpha value is -0.610. The third-order valence-corrected chi connectivity index (χ3v) is 2.79. The fraction of sp³-hybridized carbons (Fsp3) is 0.909. The first-order chi connectivity index (χ1) is 7.05. The molecule has 0 aromatic heterocycles. The van der Waals surface area contributed by atoms with Gasteiger partial charge in [0.1, 0.15) is 0 Å². The average Bonchev–Trinajstić information content (AvgIpc) is 2.40. The van der Waals surface area contributed by atoms with Crippen LogP contribution in [-0.4, -0.2) is 36.8 Å². The zero-order valence-corrected chi connectivity index (χ0v) is 9.68. The third-order valence-electron chi connectivity index (χ3n) is 2.79. The smallest absolute Gasteiger partial charge is 0.237 e. The Balaban J connectivity index is 2.39. The van der Waals surface area contributed by atoms with Crippen molar-refractivity contribution in [3.8, 4) is 0 Å². The van der Waals surface area contributed by atoms with Crippen LogP contribution in [-0.2, 0) is 4.79 Å². The van der Waals surface area contributed by atoms with Crippen molar-refractivity contribution in [1.82, 2.24) is 10.6 Å². The van der Waals surface area contributed by atoms with Gasteiger partial charge in [-0.25, -0.2) is 0 Å². The van der Waals surface area contributed by atoms with Crippen LogP contribution in [0.2, 0.25) is 0 Å². The molecule has 1 aliphatic heterocycles. The van der Waals surface area contributed by atoms with Crippen LogP contribution in [0.4, 0.5) is 0 Å². The first-order valence-electron chi connectivity index (χ1n) is 5.67. The molecule has 1 unspecified atom stereocenters. The SMILES string of the molecule is CC(C)(CO)CNC1CCCCNC1=O. The van der Waals surface area contributed by atoms with Crippen LogP contribution in [0.1, 0.15) is 33.1 Å². The molecule has 88 valence electrons. The first kappa shape index (κ1) is 12.5. The Bertz CT molecular complexity index is 217. The summed E-state index contributed by atoms with van der Waals surface area (Å²) in [4.78, 5) is 11.6. The number of aliphatic hydroxyl groups excluding tert-OH is 1. The maximum absolute atomic E-state index is 11.6. The molecule has 0 aromatic carbocycles. The Morgan fingerprint density at radius 3 is 2.93 bits per heavy atom. The van der Waals surface area contributed by atoms with E-state index in [1.807, 2.05) is 13.8 Å². The van der Waals surface area contributed by atoms with Crippen molar-refractivity contribution in [3.05, 3.63) is 0 Å². The summed E-state index contributed by atoms with van der Waals surface area (Å²) < 4.78 is 0. The standard InChI is InChI=1S/C11H22N2O2/c1-11(2,8-14)7-13-9-5-3-4-6-12-10(9)15/h9,13-14H,3-8H2,1-2H3,(H,12,15). The quantitative estimate of drug-likeness (QED) is 0.629. The molecule has 1 saturated heterocycles. The van der Waals surface area contributed by atoms with Gasteiger partial charge in [-0.05, 0) is 19.3 Å². The van der Waals surface area contributed by atoms with E-state index in [4.69, 9.17) is 5.11 Å². The minimum absolute atomic E-state index is 0.0849. The number of nitrogens with one attached hydrogen (secondary N) is 2. The summed E-state index contributed by atoms with van der Waals surface area (Å²) in [5, 5.41) is 15.2. The lowest BCUT2D eigenvalue weighted by Crippen LogP contribution is -2.46. The Morgan fingerprint density at radius 1 is 1.53 bits per heavy atom. The molecule has 1 aliphatic rings. The second-order valence-corrected chi connectivity index (χ2v) is 5.04. The highest BCUT2D eigenvalue weighted by Gasteiger charge is 2.23. The maximum atomic E-state index is 11.6. The van der Waals surface area contributed by atoms with E-state index in [9.17, 15) is 4.79 Å². The van der Waals surface area contributed by atoms with Crippen LogP contribution >= 0.6 is 0 Å². The van der Waals surface area contributed by atoms with Crippen LogP contribution < -0.4 is 10.6 Å². The summed E-state index contributed by atoms with van der Waals surface area (Å²) in [7, 11) is 0. The van der Waals surface area contributed by atoms with Crippen LogP contribution in [0.25, 0.3) is 0 Å². The molecule has 0 spiro atoms. The molecule has 1 atom stereocenters. The van der Waals surface area contributed by atoms with E-state index in [1.54, 1.807) is 0 Å². The van der Waals surface area contributed by atoms with Gasteiger partial charge in [-0.1, -0.05) is 13.8 Å². The Morgan fingerprint density at radius 2 is 2.27 bits per heavy atom. The number of carbonyl (C=O) groups is 1. The van der Waals surface area contributed by atoms with Gasteiger partial charge in [-0.15, -0.1) is 0 Å². The lowest BCUT2D eigenvalue weighted by Gasteiger charge is -2.25. The molecule has 15 heavy (non-hydrogen) atoms. The van der Waals surface area contributed by atoms with E-state index < -0.39 is 0 Å². The van der Waals surface area contributed by atoms with Crippen molar-refractivity contribution in [1.29, 1.82) is 0 Å². The van der Waals surface area contributed by atoms with E-state index in [2.05, 4.69) is 10.6 Å². The lowest BCUT2D eigenvalue weighted by atomic mass is 9.94. The molecule has 4 nitrogen and oxygen atoms in total. The fourth-order valence-electron chi connectivity index (χ4n) is 1.59. The second-order valence-electron chi connectivity index (χ2n) is 5.04. The Kier molecular flexibility index (Phi) is 4.54. The molecule has 3 N–H and O–H groups in total. The fourth-order valence-corrected chi connectivity index (χ4v) is 1.59. The van der Waals surface area contributed by atoms with Crippen LogP contribution in [0, 0.1) is 5.41 Å². The summed E-state index contributed by atoms with van der Waals surface area (Å²) >= 11 is 0. The molecule has 1 fully saturated rings. The van der Waals surface area contributed by atoms with Crippen molar-refractivity contribution in [2.24, 2.45) is 5.41 Å². The monoisotopic (exact) mass is 214 g/mol. The summed E-state index contributed by atoms with van der Waals surface area (Å²) in [6.07, 6.45) is 3.04. The summed E-state index contributed by atoms with van der Waals surface area (Å²) in [6, 6.07) is -0.0849. The maximum Gasteiger partial charge on any atom is 0.237 e. The van der Waals surface area contributed by atoms with E-state index in [1.165, 1.54) is 0 Å². The molecule has 0 radical (unpaired) electrons. The highest BCUT2D eigenvalue weighted by Crippen LogP contribution is 2.13. The van der Waals surface area contributed by atoms with Gasteiger partial charge < -0.3 is 15.7 Å². The van der Waals surface area contributed by atoms with Crippen molar-refractivity contribution >= 4 is 5.91 Å². The van der Waals surface area contributed by atoms with E-state index in [-0.39, 0.29) is 24.0 Å². The average molecular weight is 214 g/mol. The highest BCUT2D eigenvalue weighted by molar-refractivity contribution is 5.81. The summed E-state index contributed by atoms with van der Waals surface area (Å²) in [5.74, 6) is 0.0984. The number of hydrogen-bond acceptors (Lipinski definition) is 3. The molecule has 1 heterocycles. The number of aliphatic hydroxyl groups is 1. The predicted molar refractivity (Wildman–Crippen MR) is 59.5 cm³/mol. The molecule has 1 rings (SSSR count). The zero-order valence-electron chi connectivity index (χ0n) is 9.68. The molecular weight excluding hydrogens is 192 g/mol. The van der Waals surface area contributed by atoms with Gasteiger partial charge in [0.05, 0.1) is 6.04 Å². The Labute approximate surface area is 91.4 Å². The van der Waals surface area contributed by atoms with Gasteiger partial charge in [0.15, 0.2) is 0 Å². The molecule has 1 amide bonds. The molecule has 0 aromatic rings. The van der Waals surface area contributed by atoms with Gasteiger partial charge in [0, 0.05) is 25.1 Å². The lowest BCUT2D eigenvalue weighted by molar-refractivity contribution is -0.123. The van der Waals surface area contributed by atoms with E-state index in [0.717, 1.165) is 25.8 Å². The number of hydrogen-bond donors (Lipinski definition) is 3. The van der Waals surface area contributed by atoms with Gasteiger partial charge in [0.25, 0.3) is 0 Å². The molecule has 0 bridgehead atoms. The van der Waals surface area contributed by atoms with Crippen LogP contribution in [0.5, 0.6) is 0 Å². The van der Waals surface area contributed by atoms with Crippen molar-refractivity contribution in [2.45, 2.75) is 39.2 Å². The molecule has 0 saturated carbocycles. The summed E-state index contributed by atoms with van der Waals surface area (Å²) in [6.45, 7) is 5.56. The molecule has 4 heteroatoms. The topological polar surface area (TPSA) is 61.4 Å². The number of carbonyl (C=O) groups excluding carboxylic acids is 1. The largest absolute Gasteiger partial charge is 0.396 e. The summed E-state index contributed by atoms with van der Waals surface area (Å²) in [5.41, 5.74) is -0.160. The predicted octanol–water partition coefficient (Wildman–Crippen LogP) is 0.263. The van der Waals surface area contributed by atoms with E-state index in [0.29, 0.717) is 6.54 Å². The molecule has 0 aliphatic carbocycles. The van der Waals surface area contributed by atoms with Crippen molar-refractivity contribution in [3.63, 3.8) is 0 Å². The van der Waals surface area contributed by atoms with E-state index >= 15 is 0 Å². The third kappa shape index (κ3) is 4.18. The minimum Gasteiger partial charge on any atom is -0.396 e. The van der Waals surface area contributed by atoms with Crippen LogP contribution in [0.3, 0.4) is 0 Å². The molecular formula is C11H22N2O2. The van der Waals surface area contributed by atoms with Gasteiger partial charge in [-0.3, -0.25) is 4.79 Å². The van der Waals surface area contributed by atoms with Crippen LogP contribution in [0.15, 0.2) is 0 Å². The van der Waals surface area contributed by atoms with Crippen molar-refractivity contribution in [2.75, 3.05) is 19.7 Å². The first-order valence-corrected chi connectivity index (χ1v) is 5.67. The van der Waals surface area contributed by atoms with Gasteiger partial charge in [-0.2, -0.15) is 0 Å². The number of amides is 1. The zero-order chi connectivity index (χ0) is 11.3. The highest BCUT2D eigenvalue weighted by atomic mass is 16.3. The second kappa shape index (κ2) is 5.47. The minimum atomic E-state index is -0.160. The van der Waals surface area contributed by atoms with Gasteiger partial charge >= 0.3 is 0 Å². The van der Waals surface area contributed by atoms with Gasteiger partial charge in [0.2, 0.25) is 5.91 Å². The number of rotatable bonds is 4.